The highest BCUT2D eigenvalue weighted by Gasteiger charge is 2.26. The van der Waals surface area contributed by atoms with Crippen molar-refractivity contribution in [1.29, 1.82) is 5.26 Å². The van der Waals surface area contributed by atoms with E-state index in [4.69, 9.17) is 0 Å². The largest absolute Gasteiger partial charge is 0.302 e. The van der Waals surface area contributed by atoms with Gasteiger partial charge in [0, 0.05) is 13.1 Å². The lowest BCUT2D eigenvalue weighted by atomic mass is 9.92. The summed E-state index contributed by atoms with van der Waals surface area (Å²) in [7, 11) is -0.970. The monoisotopic (exact) mass is 273 g/mol. The van der Waals surface area contributed by atoms with Crippen molar-refractivity contribution in [2.24, 2.45) is 0 Å². The summed E-state index contributed by atoms with van der Waals surface area (Å²) in [5.74, 6) is 0.548. The number of hydrogen-bond acceptors (Lipinski definition) is 5. The summed E-state index contributed by atoms with van der Waals surface area (Å²) in [5, 5.41) is 12.3. The molecule has 1 N–H and O–H groups in total. The van der Waals surface area contributed by atoms with Crippen molar-refractivity contribution in [1.82, 2.24) is 10.2 Å². The molecule has 18 heavy (non-hydrogen) atoms. The van der Waals surface area contributed by atoms with E-state index in [2.05, 4.69) is 16.3 Å². The molecule has 0 saturated carbocycles. The van der Waals surface area contributed by atoms with E-state index in [0.29, 0.717) is 13.1 Å². The lowest BCUT2D eigenvalue weighted by molar-refractivity contribution is 0.272. The number of sulfone groups is 1. The Morgan fingerprint density at radius 1 is 1.39 bits per heavy atom. The average Bonchev–Trinajstić information content (AvgIpc) is 2.37. The van der Waals surface area contributed by atoms with Crippen LogP contribution in [0.5, 0.6) is 0 Å². The Kier molecular flexibility index (Phi) is 5.57. The van der Waals surface area contributed by atoms with Crippen molar-refractivity contribution < 1.29 is 8.42 Å². The number of nitriles is 1. The Bertz CT molecular complexity index is 382. The average molecular weight is 273 g/mol. The lowest BCUT2D eigenvalue weighted by Crippen LogP contribution is -2.43. The molecule has 1 aliphatic heterocycles. The van der Waals surface area contributed by atoms with E-state index in [0.717, 1.165) is 25.8 Å². The number of nitrogens with zero attached hydrogens (tertiary/aromatic N) is 2. The minimum atomic E-state index is -2.79. The molecule has 1 unspecified atom stereocenters. The van der Waals surface area contributed by atoms with Gasteiger partial charge in [-0.1, -0.05) is 6.92 Å². The van der Waals surface area contributed by atoms with Gasteiger partial charge in [-0.05, 0) is 32.9 Å². The predicted octanol–water partition coefficient (Wildman–Crippen LogP) is 0.389. The summed E-state index contributed by atoms with van der Waals surface area (Å²) in [5.41, 5.74) is -0.429. The molecule has 1 saturated heterocycles. The van der Waals surface area contributed by atoms with Crippen LogP contribution in [0.2, 0.25) is 0 Å². The Labute approximate surface area is 110 Å². The molecule has 1 rings (SSSR count). The van der Waals surface area contributed by atoms with E-state index in [9.17, 15) is 13.7 Å². The van der Waals surface area contributed by atoms with Gasteiger partial charge in [-0.2, -0.15) is 5.26 Å². The zero-order chi connectivity index (χ0) is 13.6. The molecule has 0 spiro atoms. The Morgan fingerprint density at radius 3 is 2.44 bits per heavy atom. The SMILES string of the molecule is CCC(C#N)(CCCN1CCS(=O)(=O)CC1)NC. The quantitative estimate of drug-likeness (QED) is 0.758. The van der Waals surface area contributed by atoms with Gasteiger partial charge < -0.3 is 10.2 Å². The third-order valence-corrected chi connectivity index (χ3v) is 5.42. The van der Waals surface area contributed by atoms with Crippen LogP contribution in [0.3, 0.4) is 0 Å². The van der Waals surface area contributed by atoms with Gasteiger partial charge >= 0.3 is 0 Å². The fourth-order valence-corrected chi connectivity index (χ4v) is 3.52. The summed E-state index contributed by atoms with van der Waals surface area (Å²) in [6.07, 6.45) is 2.51. The summed E-state index contributed by atoms with van der Waals surface area (Å²) in [6.45, 7) is 4.15. The first-order valence-corrected chi connectivity index (χ1v) is 8.32. The highest BCUT2D eigenvalue weighted by molar-refractivity contribution is 7.91. The van der Waals surface area contributed by atoms with Crippen LogP contribution in [0.25, 0.3) is 0 Å². The zero-order valence-corrected chi connectivity index (χ0v) is 12.1. The second kappa shape index (κ2) is 6.50. The van der Waals surface area contributed by atoms with Crippen molar-refractivity contribution in [2.75, 3.05) is 38.2 Å². The first-order chi connectivity index (χ1) is 8.47. The van der Waals surface area contributed by atoms with E-state index in [-0.39, 0.29) is 11.5 Å². The van der Waals surface area contributed by atoms with Crippen LogP contribution in [-0.4, -0.2) is 57.0 Å². The fourth-order valence-electron chi connectivity index (χ4n) is 2.25. The second-order valence-electron chi connectivity index (χ2n) is 4.89. The molecule has 1 atom stereocenters. The molecule has 1 heterocycles. The van der Waals surface area contributed by atoms with Crippen molar-refractivity contribution in [3.63, 3.8) is 0 Å². The molecule has 0 amide bonds. The predicted molar refractivity (Wildman–Crippen MR) is 72.0 cm³/mol. The highest BCUT2D eigenvalue weighted by Crippen LogP contribution is 2.16. The van der Waals surface area contributed by atoms with E-state index >= 15 is 0 Å². The van der Waals surface area contributed by atoms with Crippen molar-refractivity contribution in [2.45, 2.75) is 31.7 Å². The topological polar surface area (TPSA) is 73.2 Å². The summed E-state index contributed by atoms with van der Waals surface area (Å²) in [6, 6.07) is 2.34. The van der Waals surface area contributed by atoms with Gasteiger partial charge in [0.1, 0.15) is 5.54 Å². The van der Waals surface area contributed by atoms with E-state index in [1.54, 1.807) is 0 Å². The van der Waals surface area contributed by atoms with Crippen LogP contribution >= 0.6 is 0 Å². The Balaban J connectivity index is 2.33. The summed E-state index contributed by atoms with van der Waals surface area (Å²) >= 11 is 0. The van der Waals surface area contributed by atoms with Crippen LogP contribution in [0.1, 0.15) is 26.2 Å². The van der Waals surface area contributed by atoms with Gasteiger partial charge in [0.2, 0.25) is 0 Å². The second-order valence-corrected chi connectivity index (χ2v) is 7.20. The standard InChI is InChI=1S/C12H23N3O2S/c1-3-12(11-13,14-2)5-4-6-15-7-9-18(16,17)10-8-15/h14H,3-10H2,1-2H3. The fraction of sp³-hybridized carbons (Fsp3) is 0.917. The van der Waals surface area contributed by atoms with Crippen LogP contribution in [0.15, 0.2) is 0 Å². The maximum atomic E-state index is 11.3. The van der Waals surface area contributed by atoms with Gasteiger partial charge in [-0.3, -0.25) is 0 Å². The van der Waals surface area contributed by atoms with Crippen LogP contribution in [0, 0.1) is 11.3 Å². The van der Waals surface area contributed by atoms with E-state index < -0.39 is 15.4 Å². The normalized spacial score (nSPS) is 23.2. The summed E-state index contributed by atoms with van der Waals surface area (Å²) in [4.78, 5) is 2.18. The lowest BCUT2D eigenvalue weighted by Gasteiger charge is -2.29. The van der Waals surface area contributed by atoms with Gasteiger partial charge in [-0.15, -0.1) is 0 Å². The van der Waals surface area contributed by atoms with Crippen LogP contribution < -0.4 is 5.32 Å². The molecule has 0 aromatic carbocycles. The molecule has 1 fully saturated rings. The van der Waals surface area contributed by atoms with E-state index in [1.165, 1.54) is 0 Å². The third-order valence-electron chi connectivity index (χ3n) is 3.81. The van der Waals surface area contributed by atoms with Gasteiger partial charge in [0.05, 0.1) is 17.6 Å². The molecule has 0 aromatic heterocycles. The molecule has 104 valence electrons. The molecular weight excluding hydrogens is 250 g/mol. The third kappa shape index (κ3) is 4.23. The molecular formula is C12H23N3O2S. The number of rotatable bonds is 6. The Hall–Kier alpha value is -0.640. The van der Waals surface area contributed by atoms with Crippen LogP contribution in [-0.2, 0) is 9.84 Å². The molecule has 0 aromatic rings. The van der Waals surface area contributed by atoms with Crippen molar-refractivity contribution in [3.05, 3.63) is 0 Å². The first-order valence-electron chi connectivity index (χ1n) is 6.50. The molecule has 0 aliphatic carbocycles. The zero-order valence-electron chi connectivity index (χ0n) is 11.3. The van der Waals surface area contributed by atoms with Crippen molar-refractivity contribution in [3.8, 4) is 6.07 Å². The highest BCUT2D eigenvalue weighted by atomic mass is 32.2. The smallest absolute Gasteiger partial charge is 0.152 e. The number of nitrogens with one attached hydrogen (secondary N) is 1. The molecule has 6 heteroatoms. The Morgan fingerprint density at radius 2 is 2.00 bits per heavy atom. The number of hydrogen-bond donors (Lipinski definition) is 1. The minimum absolute atomic E-state index is 0.274. The molecule has 5 nitrogen and oxygen atoms in total. The van der Waals surface area contributed by atoms with Gasteiger partial charge in [0.25, 0.3) is 0 Å². The van der Waals surface area contributed by atoms with Gasteiger partial charge in [0.15, 0.2) is 9.84 Å². The van der Waals surface area contributed by atoms with E-state index in [1.807, 2.05) is 14.0 Å². The van der Waals surface area contributed by atoms with Crippen molar-refractivity contribution >= 4 is 9.84 Å². The molecule has 0 radical (unpaired) electrons. The first kappa shape index (κ1) is 15.4. The molecule has 1 aliphatic rings. The van der Waals surface area contributed by atoms with Gasteiger partial charge in [-0.25, -0.2) is 8.42 Å². The maximum absolute atomic E-state index is 11.3. The van der Waals surface area contributed by atoms with Crippen LogP contribution in [0.4, 0.5) is 0 Å². The minimum Gasteiger partial charge on any atom is -0.302 e. The summed E-state index contributed by atoms with van der Waals surface area (Å²) < 4.78 is 22.6. The molecule has 0 bridgehead atoms. The maximum Gasteiger partial charge on any atom is 0.152 e.